The van der Waals surface area contributed by atoms with Crippen molar-refractivity contribution in [2.45, 2.75) is 32.5 Å². The maximum absolute atomic E-state index is 14.0. The quantitative estimate of drug-likeness (QED) is 0.373. The highest BCUT2D eigenvalue weighted by atomic mass is 19.1. The van der Waals surface area contributed by atoms with Crippen molar-refractivity contribution in [1.82, 2.24) is 14.9 Å². The number of aromatic nitrogens is 1. The fourth-order valence-corrected chi connectivity index (χ4v) is 3.77. The van der Waals surface area contributed by atoms with E-state index in [0.29, 0.717) is 12.1 Å². The minimum Gasteiger partial charge on any atom is -0.502 e. The fourth-order valence-electron chi connectivity index (χ4n) is 3.77. The number of fused-ring (bicyclic) bond motifs is 1. The van der Waals surface area contributed by atoms with Crippen molar-refractivity contribution in [3.05, 3.63) is 88.1 Å². The van der Waals surface area contributed by atoms with Crippen LogP contribution >= 0.6 is 0 Å². The number of ether oxygens (including phenoxy) is 1. The number of rotatable bonds is 9. The summed E-state index contributed by atoms with van der Waals surface area (Å²) in [5, 5.41) is 14.3. The summed E-state index contributed by atoms with van der Waals surface area (Å²) in [6.07, 6.45) is 3.84. The number of carbonyl (C=O) groups excluding carboxylic acids is 3. The van der Waals surface area contributed by atoms with E-state index in [1.54, 1.807) is 6.92 Å². The Morgan fingerprint density at radius 2 is 1.82 bits per heavy atom. The number of halogens is 3. The average molecular weight is 534 g/mol. The van der Waals surface area contributed by atoms with Gasteiger partial charge in [-0.05, 0) is 6.92 Å². The second-order valence-electron chi connectivity index (χ2n) is 8.38. The second-order valence-corrected chi connectivity index (χ2v) is 8.38. The Balaban J connectivity index is 2.07. The lowest BCUT2D eigenvalue weighted by atomic mass is 10.1. The van der Waals surface area contributed by atoms with Crippen molar-refractivity contribution >= 4 is 17.8 Å². The van der Waals surface area contributed by atoms with E-state index in [2.05, 4.69) is 18.5 Å². The Bertz CT molecular complexity index is 1350. The first kappa shape index (κ1) is 28.0. The molecule has 1 aromatic carbocycles. The zero-order chi connectivity index (χ0) is 28.3. The molecule has 202 valence electrons. The Morgan fingerprint density at radius 1 is 1.18 bits per heavy atom. The molecule has 2 aromatic rings. The van der Waals surface area contributed by atoms with Gasteiger partial charge >= 0.3 is 5.97 Å². The van der Waals surface area contributed by atoms with Gasteiger partial charge in [-0.2, -0.15) is 0 Å². The third-order valence-electron chi connectivity index (χ3n) is 5.92. The SMILES string of the molecule is C=CC(C)N1CN(C(C=C)COC(C)=O)n2cc(C(=O)NCc3c(F)cc(F)cc3F)c(=O)c(O)c2C1=O. The molecule has 1 aliphatic heterocycles. The normalized spacial score (nSPS) is 14.4. The van der Waals surface area contributed by atoms with Crippen LogP contribution in [0.5, 0.6) is 5.75 Å². The van der Waals surface area contributed by atoms with E-state index >= 15 is 0 Å². The standard InChI is InChI=1S/C25H25F3N4O6/c1-5-13(3)30-12-32(16(6-2)11-38-14(4)33)31-10-18(22(34)23(35)21(31)25(30)37)24(36)29-9-17-19(27)7-15(26)8-20(17)28/h5-8,10,13,16,35H,1-2,9,11-12H2,3-4H3,(H,29,36). The number of hydrogen-bond donors (Lipinski definition) is 2. The zero-order valence-electron chi connectivity index (χ0n) is 20.5. The first-order valence-electron chi connectivity index (χ1n) is 11.3. The van der Waals surface area contributed by atoms with Gasteiger partial charge < -0.3 is 20.1 Å². The van der Waals surface area contributed by atoms with Crippen LogP contribution < -0.4 is 15.8 Å². The summed E-state index contributed by atoms with van der Waals surface area (Å²) >= 11 is 0. The van der Waals surface area contributed by atoms with Crippen LogP contribution in [0.4, 0.5) is 13.2 Å². The number of nitrogens with zero attached hydrogens (tertiary/aromatic N) is 3. The van der Waals surface area contributed by atoms with Gasteiger partial charge in [0.1, 0.15) is 36.3 Å². The van der Waals surface area contributed by atoms with Crippen molar-refractivity contribution in [2.24, 2.45) is 0 Å². The minimum absolute atomic E-state index is 0.146. The summed E-state index contributed by atoms with van der Waals surface area (Å²) in [5.41, 5.74) is -3.00. The molecule has 2 N–H and O–H groups in total. The highest BCUT2D eigenvalue weighted by Gasteiger charge is 2.38. The lowest BCUT2D eigenvalue weighted by Gasteiger charge is -2.44. The molecule has 38 heavy (non-hydrogen) atoms. The van der Waals surface area contributed by atoms with E-state index in [4.69, 9.17) is 4.74 Å². The molecule has 0 saturated carbocycles. The Kier molecular flexibility index (Phi) is 8.29. The molecule has 2 amide bonds. The topological polar surface area (TPSA) is 121 Å². The molecule has 3 rings (SSSR count). The lowest BCUT2D eigenvalue weighted by molar-refractivity contribution is -0.141. The van der Waals surface area contributed by atoms with Crippen LogP contribution in [-0.4, -0.2) is 57.8 Å². The summed E-state index contributed by atoms with van der Waals surface area (Å²) in [6.45, 7) is 9.10. The van der Waals surface area contributed by atoms with Gasteiger partial charge in [0.2, 0.25) is 5.43 Å². The number of hydrogen-bond acceptors (Lipinski definition) is 7. The minimum atomic E-state index is -1.25. The monoisotopic (exact) mass is 534 g/mol. The largest absolute Gasteiger partial charge is 0.502 e. The van der Waals surface area contributed by atoms with Crippen LogP contribution in [0, 0.1) is 17.5 Å². The number of amides is 2. The molecular formula is C25H25F3N4O6. The third-order valence-corrected chi connectivity index (χ3v) is 5.92. The molecular weight excluding hydrogens is 509 g/mol. The predicted molar refractivity (Wildman–Crippen MR) is 129 cm³/mol. The van der Waals surface area contributed by atoms with E-state index in [0.717, 1.165) is 10.9 Å². The second kappa shape index (κ2) is 11.2. The molecule has 13 heteroatoms. The molecule has 10 nitrogen and oxygen atoms in total. The van der Waals surface area contributed by atoms with Gasteiger partial charge in [0.15, 0.2) is 11.4 Å². The van der Waals surface area contributed by atoms with Gasteiger partial charge in [0.05, 0.1) is 6.04 Å². The van der Waals surface area contributed by atoms with E-state index in [1.165, 1.54) is 29.0 Å². The van der Waals surface area contributed by atoms with Gasteiger partial charge in [0, 0.05) is 43.4 Å². The molecule has 0 aliphatic carbocycles. The Hall–Kier alpha value is -4.55. The summed E-state index contributed by atoms with van der Waals surface area (Å²) < 4.78 is 47.3. The van der Waals surface area contributed by atoms with Crippen molar-refractivity contribution < 1.29 is 37.4 Å². The van der Waals surface area contributed by atoms with Crippen LogP contribution in [0.2, 0.25) is 0 Å². The van der Waals surface area contributed by atoms with Crippen molar-refractivity contribution in [3.63, 3.8) is 0 Å². The van der Waals surface area contributed by atoms with Crippen molar-refractivity contribution in [1.29, 1.82) is 0 Å². The summed E-state index contributed by atoms with van der Waals surface area (Å²) in [5.74, 6) is -7.18. The number of carbonyl (C=O) groups is 3. The summed E-state index contributed by atoms with van der Waals surface area (Å²) in [4.78, 5) is 51.7. The Labute approximate surface area is 215 Å². The van der Waals surface area contributed by atoms with Gasteiger partial charge in [-0.25, -0.2) is 13.2 Å². The molecule has 2 unspecified atom stereocenters. The van der Waals surface area contributed by atoms with E-state index < -0.39 is 81.9 Å². The molecule has 0 radical (unpaired) electrons. The highest BCUT2D eigenvalue weighted by molar-refractivity contribution is 5.99. The van der Waals surface area contributed by atoms with Gasteiger partial charge in [-0.3, -0.25) is 28.9 Å². The molecule has 0 fully saturated rings. The molecule has 0 spiro atoms. The van der Waals surface area contributed by atoms with Gasteiger partial charge in [-0.15, -0.1) is 13.2 Å². The average Bonchev–Trinajstić information content (AvgIpc) is 2.85. The van der Waals surface area contributed by atoms with Crippen molar-refractivity contribution in [3.8, 4) is 5.75 Å². The molecule has 2 heterocycles. The zero-order valence-corrected chi connectivity index (χ0v) is 20.5. The number of aromatic hydroxyl groups is 1. The van der Waals surface area contributed by atoms with Gasteiger partial charge in [0.25, 0.3) is 11.8 Å². The van der Waals surface area contributed by atoms with E-state index in [9.17, 15) is 37.5 Å². The number of esters is 1. The van der Waals surface area contributed by atoms with Crippen LogP contribution in [0.15, 0.2) is 48.4 Å². The van der Waals surface area contributed by atoms with Crippen LogP contribution in [0.1, 0.15) is 40.3 Å². The number of pyridine rings is 1. The maximum atomic E-state index is 14.0. The highest BCUT2D eigenvalue weighted by Crippen LogP contribution is 2.25. The van der Waals surface area contributed by atoms with Crippen LogP contribution in [0.3, 0.4) is 0 Å². The molecule has 2 atom stereocenters. The molecule has 1 aliphatic rings. The smallest absolute Gasteiger partial charge is 0.302 e. The van der Waals surface area contributed by atoms with Gasteiger partial charge in [-0.1, -0.05) is 12.2 Å². The van der Waals surface area contributed by atoms with E-state index in [1.807, 2.05) is 0 Å². The predicted octanol–water partition coefficient (Wildman–Crippen LogP) is 1.94. The fraction of sp³-hybridized carbons (Fsp3) is 0.280. The van der Waals surface area contributed by atoms with Crippen LogP contribution in [0.25, 0.3) is 0 Å². The lowest BCUT2D eigenvalue weighted by Crippen LogP contribution is -2.60. The summed E-state index contributed by atoms with van der Waals surface area (Å²) in [6, 6.07) is -0.467. The first-order valence-corrected chi connectivity index (χ1v) is 11.3. The van der Waals surface area contributed by atoms with Crippen LogP contribution in [-0.2, 0) is 16.1 Å². The molecule has 0 saturated heterocycles. The van der Waals surface area contributed by atoms with Crippen molar-refractivity contribution in [2.75, 3.05) is 18.3 Å². The summed E-state index contributed by atoms with van der Waals surface area (Å²) in [7, 11) is 0. The number of nitrogens with one attached hydrogen (secondary N) is 1. The Morgan fingerprint density at radius 3 is 2.37 bits per heavy atom. The van der Waals surface area contributed by atoms with E-state index in [-0.39, 0.29) is 13.3 Å². The molecule has 0 bridgehead atoms. The first-order chi connectivity index (χ1) is 17.9. The third kappa shape index (κ3) is 5.41. The maximum Gasteiger partial charge on any atom is 0.302 e. The molecule has 1 aromatic heterocycles. The number of benzene rings is 1.